The second-order valence-corrected chi connectivity index (χ2v) is 13.9. The molecule has 262 valence electrons. The van der Waals surface area contributed by atoms with Crippen molar-refractivity contribution in [2.24, 2.45) is 0 Å². The number of rotatable bonds is 7. The van der Waals surface area contributed by atoms with Crippen LogP contribution in [0.15, 0.2) is 206 Å². The molecule has 2 heterocycles. The summed E-state index contributed by atoms with van der Waals surface area (Å²) in [5.74, 6) is 1.93. The molecule has 0 saturated carbocycles. The van der Waals surface area contributed by atoms with E-state index in [0.29, 0.717) is 17.5 Å². The molecule has 56 heavy (non-hydrogen) atoms. The van der Waals surface area contributed by atoms with Gasteiger partial charge in [0.15, 0.2) is 17.5 Å². The third-order valence-corrected chi connectivity index (χ3v) is 10.4. The molecular weight excluding hydrogens is 681 g/mol. The van der Waals surface area contributed by atoms with Crippen LogP contribution < -0.4 is 0 Å². The average molecular weight is 715 g/mol. The van der Waals surface area contributed by atoms with Gasteiger partial charge >= 0.3 is 0 Å². The fourth-order valence-corrected chi connectivity index (χ4v) is 7.46. The molecule has 0 radical (unpaired) electrons. The third kappa shape index (κ3) is 6.40. The molecule has 4 heteroatoms. The van der Waals surface area contributed by atoms with Gasteiger partial charge in [-0.1, -0.05) is 194 Å². The number of pyridine rings is 1. The molecule has 8 aromatic carbocycles. The van der Waals surface area contributed by atoms with Gasteiger partial charge in [-0.15, -0.1) is 0 Å². The number of hydrogen-bond donors (Lipinski definition) is 0. The van der Waals surface area contributed by atoms with E-state index in [9.17, 15) is 0 Å². The predicted molar refractivity (Wildman–Crippen MR) is 231 cm³/mol. The zero-order chi connectivity index (χ0) is 37.3. The Morgan fingerprint density at radius 2 is 0.661 bits per heavy atom. The summed E-state index contributed by atoms with van der Waals surface area (Å²) in [6.07, 6.45) is 1.87. The average Bonchev–Trinajstić information content (AvgIpc) is 3.29. The zero-order valence-electron chi connectivity index (χ0n) is 30.4. The van der Waals surface area contributed by atoms with Crippen molar-refractivity contribution in [3.05, 3.63) is 206 Å². The first kappa shape index (κ1) is 33.0. The summed E-state index contributed by atoms with van der Waals surface area (Å²) in [6, 6.07) is 69.9. The minimum absolute atomic E-state index is 0.639. The molecule has 0 N–H and O–H groups in total. The van der Waals surface area contributed by atoms with Crippen LogP contribution in [0.25, 0.3) is 100 Å². The van der Waals surface area contributed by atoms with E-state index < -0.39 is 0 Å². The highest BCUT2D eigenvalue weighted by atomic mass is 15.0. The standard InChI is InChI=1S/C52H34N4/c1-3-9-35(10-4-1)36-22-28-44(29-23-36)51-54-50(43-11-5-2-6-12-43)55-52(56-51)45-30-24-40(25-31-45)38-18-16-37(17-19-38)39-20-26-41(27-21-39)46-14-7-15-48-47(46)33-32-42-13-8-34-53-49(42)48/h1-34H. The number of fused-ring (bicyclic) bond motifs is 3. The first-order chi connectivity index (χ1) is 27.7. The summed E-state index contributed by atoms with van der Waals surface area (Å²) in [4.78, 5) is 19.5. The van der Waals surface area contributed by atoms with E-state index in [0.717, 1.165) is 44.3 Å². The fraction of sp³-hybridized carbons (Fsp3) is 0. The van der Waals surface area contributed by atoms with E-state index in [2.05, 4.69) is 163 Å². The van der Waals surface area contributed by atoms with Gasteiger partial charge in [0.1, 0.15) is 0 Å². The lowest BCUT2D eigenvalue weighted by atomic mass is 9.94. The van der Waals surface area contributed by atoms with Gasteiger partial charge < -0.3 is 0 Å². The van der Waals surface area contributed by atoms with Crippen molar-refractivity contribution in [3.63, 3.8) is 0 Å². The summed E-state index contributed by atoms with van der Waals surface area (Å²) < 4.78 is 0. The molecule has 0 fully saturated rings. The molecule has 0 atom stereocenters. The molecule has 0 aliphatic heterocycles. The van der Waals surface area contributed by atoms with Crippen LogP contribution in [0.3, 0.4) is 0 Å². The zero-order valence-corrected chi connectivity index (χ0v) is 30.4. The Kier molecular flexibility index (Phi) is 8.47. The van der Waals surface area contributed by atoms with Crippen LogP contribution in [0.4, 0.5) is 0 Å². The van der Waals surface area contributed by atoms with Gasteiger partial charge in [-0.05, 0) is 56.0 Å². The van der Waals surface area contributed by atoms with Crippen molar-refractivity contribution in [3.8, 4) is 78.7 Å². The molecule has 0 saturated heterocycles. The monoisotopic (exact) mass is 714 g/mol. The van der Waals surface area contributed by atoms with E-state index >= 15 is 0 Å². The largest absolute Gasteiger partial charge is 0.256 e. The summed E-state index contributed by atoms with van der Waals surface area (Å²) in [6.45, 7) is 0. The molecular formula is C52H34N4. The van der Waals surface area contributed by atoms with Crippen LogP contribution in [-0.4, -0.2) is 19.9 Å². The first-order valence-electron chi connectivity index (χ1n) is 18.8. The lowest BCUT2D eigenvalue weighted by molar-refractivity contribution is 1.07. The van der Waals surface area contributed by atoms with Gasteiger partial charge in [-0.25, -0.2) is 15.0 Å². The summed E-state index contributed by atoms with van der Waals surface area (Å²) in [7, 11) is 0. The van der Waals surface area contributed by atoms with Gasteiger partial charge in [0.25, 0.3) is 0 Å². The fourth-order valence-electron chi connectivity index (χ4n) is 7.46. The van der Waals surface area contributed by atoms with E-state index in [1.165, 1.54) is 38.6 Å². The van der Waals surface area contributed by atoms with Crippen molar-refractivity contribution >= 4 is 21.7 Å². The molecule has 0 amide bonds. The van der Waals surface area contributed by atoms with E-state index in [1.807, 2.05) is 48.7 Å². The Morgan fingerprint density at radius 3 is 1.16 bits per heavy atom. The van der Waals surface area contributed by atoms with E-state index in [1.54, 1.807) is 0 Å². The summed E-state index contributed by atoms with van der Waals surface area (Å²) in [5, 5.41) is 3.54. The number of hydrogen-bond acceptors (Lipinski definition) is 4. The minimum Gasteiger partial charge on any atom is -0.256 e. The van der Waals surface area contributed by atoms with Crippen LogP contribution in [-0.2, 0) is 0 Å². The lowest BCUT2D eigenvalue weighted by Crippen LogP contribution is -2.00. The maximum atomic E-state index is 4.98. The predicted octanol–water partition coefficient (Wildman–Crippen LogP) is 13.2. The van der Waals surface area contributed by atoms with Crippen LogP contribution in [0.5, 0.6) is 0 Å². The third-order valence-electron chi connectivity index (χ3n) is 10.4. The van der Waals surface area contributed by atoms with Crippen molar-refractivity contribution in [1.82, 2.24) is 19.9 Å². The molecule has 0 aliphatic rings. The molecule has 2 aromatic heterocycles. The smallest absolute Gasteiger partial charge is 0.164 e. The van der Waals surface area contributed by atoms with Crippen molar-refractivity contribution in [2.75, 3.05) is 0 Å². The van der Waals surface area contributed by atoms with Gasteiger partial charge in [-0.3, -0.25) is 4.98 Å². The SMILES string of the molecule is c1ccc(-c2ccc(-c3nc(-c4ccccc4)nc(-c4ccc(-c5ccc(-c6ccc(-c7cccc8c7ccc7cccnc78)cc6)cc5)cc4)n3)cc2)cc1. The summed E-state index contributed by atoms with van der Waals surface area (Å²) >= 11 is 0. The second kappa shape index (κ2) is 14.3. The quantitative estimate of drug-likeness (QED) is 0.154. The Hall–Kier alpha value is -7.56. The van der Waals surface area contributed by atoms with Gasteiger partial charge in [0, 0.05) is 33.7 Å². The van der Waals surface area contributed by atoms with Gasteiger partial charge in [0.2, 0.25) is 0 Å². The molecule has 10 aromatic rings. The molecule has 0 spiro atoms. The maximum absolute atomic E-state index is 4.98. The number of nitrogens with zero attached hydrogens (tertiary/aromatic N) is 4. The van der Waals surface area contributed by atoms with Gasteiger partial charge in [0.05, 0.1) is 5.52 Å². The highest BCUT2D eigenvalue weighted by molar-refractivity contribution is 6.10. The summed E-state index contributed by atoms with van der Waals surface area (Å²) in [5.41, 5.74) is 13.2. The van der Waals surface area contributed by atoms with Crippen LogP contribution in [0.2, 0.25) is 0 Å². The number of benzene rings is 8. The Morgan fingerprint density at radius 1 is 0.250 bits per heavy atom. The first-order valence-corrected chi connectivity index (χ1v) is 18.8. The molecule has 0 bridgehead atoms. The van der Waals surface area contributed by atoms with Crippen LogP contribution >= 0.6 is 0 Å². The Labute approximate surface area is 325 Å². The molecule has 0 unspecified atom stereocenters. The van der Waals surface area contributed by atoms with Crippen molar-refractivity contribution in [2.45, 2.75) is 0 Å². The molecule has 10 rings (SSSR count). The Balaban J connectivity index is 0.908. The lowest BCUT2D eigenvalue weighted by Gasteiger charge is -2.11. The topological polar surface area (TPSA) is 51.6 Å². The number of aromatic nitrogens is 4. The van der Waals surface area contributed by atoms with E-state index in [-0.39, 0.29) is 0 Å². The van der Waals surface area contributed by atoms with Crippen molar-refractivity contribution in [1.29, 1.82) is 0 Å². The highest BCUT2D eigenvalue weighted by Crippen LogP contribution is 2.35. The maximum Gasteiger partial charge on any atom is 0.164 e. The van der Waals surface area contributed by atoms with Gasteiger partial charge in [-0.2, -0.15) is 0 Å². The highest BCUT2D eigenvalue weighted by Gasteiger charge is 2.14. The second-order valence-electron chi connectivity index (χ2n) is 13.9. The Bertz CT molecular complexity index is 2960. The van der Waals surface area contributed by atoms with Crippen LogP contribution in [0.1, 0.15) is 0 Å². The van der Waals surface area contributed by atoms with Crippen molar-refractivity contribution < 1.29 is 0 Å². The van der Waals surface area contributed by atoms with Crippen LogP contribution in [0, 0.1) is 0 Å². The van der Waals surface area contributed by atoms with E-state index in [4.69, 9.17) is 15.0 Å². The molecule has 0 aliphatic carbocycles. The normalized spacial score (nSPS) is 11.2. The minimum atomic E-state index is 0.639. The molecule has 4 nitrogen and oxygen atoms in total.